The summed E-state index contributed by atoms with van der Waals surface area (Å²) in [6, 6.07) is 2.52. The zero-order valence-corrected chi connectivity index (χ0v) is 14.5. The van der Waals surface area contributed by atoms with Crippen molar-refractivity contribution in [2.45, 2.75) is 18.1 Å². The number of benzene rings is 2. The van der Waals surface area contributed by atoms with Crippen LogP contribution in [0.15, 0.2) is 42.5 Å². The molecular formula is C16H9ClF8N2O2. The summed E-state index contributed by atoms with van der Waals surface area (Å²) in [5.41, 5.74) is -5.57. The minimum atomic E-state index is -6.18. The van der Waals surface area contributed by atoms with E-state index in [-0.39, 0.29) is 0 Å². The van der Waals surface area contributed by atoms with Gasteiger partial charge in [0.25, 0.3) is 0 Å². The number of halogens is 9. The SMILES string of the molecule is O=C(Nc1ccc(F)c(Cl)c1)NC(Oc1ccc(F)cc1)(C(F)(F)F)C(F)(F)F. The van der Waals surface area contributed by atoms with Gasteiger partial charge < -0.3 is 10.1 Å². The van der Waals surface area contributed by atoms with Crippen molar-refractivity contribution < 1.29 is 44.7 Å². The van der Waals surface area contributed by atoms with Crippen molar-refractivity contribution in [3.63, 3.8) is 0 Å². The van der Waals surface area contributed by atoms with Crippen molar-refractivity contribution in [1.29, 1.82) is 0 Å². The van der Waals surface area contributed by atoms with Crippen LogP contribution in [0.3, 0.4) is 0 Å². The number of amides is 2. The van der Waals surface area contributed by atoms with Gasteiger partial charge in [-0.25, -0.2) is 13.6 Å². The van der Waals surface area contributed by atoms with Crippen molar-refractivity contribution in [2.75, 3.05) is 5.32 Å². The highest BCUT2D eigenvalue weighted by molar-refractivity contribution is 6.31. The minimum Gasteiger partial charge on any atom is -0.451 e. The van der Waals surface area contributed by atoms with Gasteiger partial charge in [-0.15, -0.1) is 0 Å². The lowest BCUT2D eigenvalue weighted by atomic mass is 10.2. The number of nitrogens with one attached hydrogen (secondary N) is 2. The third-order valence-corrected chi connectivity index (χ3v) is 3.64. The van der Waals surface area contributed by atoms with E-state index in [2.05, 4.69) is 4.74 Å². The Morgan fingerprint density at radius 3 is 1.93 bits per heavy atom. The lowest BCUT2D eigenvalue weighted by Crippen LogP contribution is -2.71. The quantitative estimate of drug-likeness (QED) is 0.470. The van der Waals surface area contributed by atoms with Crippen LogP contribution >= 0.6 is 11.6 Å². The second kappa shape index (κ2) is 7.93. The Hall–Kier alpha value is -2.76. The second-order valence-electron chi connectivity index (χ2n) is 5.44. The van der Waals surface area contributed by atoms with E-state index in [0.29, 0.717) is 29.6 Å². The molecule has 13 heteroatoms. The second-order valence-corrected chi connectivity index (χ2v) is 5.85. The highest BCUT2D eigenvalue weighted by atomic mass is 35.5. The first-order chi connectivity index (χ1) is 13.2. The van der Waals surface area contributed by atoms with Crippen LogP contribution < -0.4 is 15.4 Å². The number of alkyl halides is 6. The molecule has 2 rings (SSSR count). The third kappa shape index (κ3) is 5.00. The summed E-state index contributed by atoms with van der Waals surface area (Å²) in [5, 5.41) is 1.83. The molecule has 2 aromatic rings. The third-order valence-electron chi connectivity index (χ3n) is 3.35. The number of carbonyl (C=O) groups is 1. The van der Waals surface area contributed by atoms with Crippen molar-refractivity contribution in [1.82, 2.24) is 5.32 Å². The molecule has 0 aliphatic rings. The van der Waals surface area contributed by atoms with Crippen LogP contribution in [0.5, 0.6) is 5.75 Å². The molecule has 0 spiro atoms. The minimum absolute atomic E-state index is 0.395. The molecule has 29 heavy (non-hydrogen) atoms. The molecule has 0 atom stereocenters. The van der Waals surface area contributed by atoms with E-state index in [4.69, 9.17) is 11.6 Å². The largest absolute Gasteiger partial charge is 0.458 e. The van der Waals surface area contributed by atoms with Gasteiger partial charge in [0.05, 0.1) is 5.02 Å². The first kappa shape index (κ1) is 22.5. The number of rotatable bonds is 4. The predicted molar refractivity (Wildman–Crippen MR) is 85.4 cm³/mol. The van der Waals surface area contributed by atoms with E-state index in [1.807, 2.05) is 0 Å². The predicted octanol–water partition coefficient (Wildman–Crippen LogP) is 5.64. The molecule has 0 saturated heterocycles. The molecular weight excluding hydrogens is 440 g/mol. The summed E-state index contributed by atoms with van der Waals surface area (Å²) in [7, 11) is 0. The van der Waals surface area contributed by atoms with Gasteiger partial charge in [0.1, 0.15) is 17.4 Å². The average Bonchev–Trinajstić information content (AvgIpc) is 2.57. The van der Waals surface area contributed by atoms with Crippen molar-refractivity contribution in [2.24, 2.45) is 0 Å². The van der Waals surface area contributed by atoms with Crippen LogP contribution in [-0.4, -0.2) is 24.1 Å². The first-order valence-electron chi connectivity index (χ1n) is 7.37. The topological polar surface area (TPSA) is 50.4 Å². The Balaban J connectivity index is 2.39. The number of ether oxygens (including phenoxy) is 1. The lowest BCUT2D eigenvalue weighted by molar-refractivity contribution is -0.364. The number of anilines is 1. The number of hydrogen-bond donors (Lipinski definition) is 2. The molecule has 0 radical (unpaired) electrons. The van der Waals surface area contributed by atoms with Gasteiger partial charge in [-0.05, 0) is 42.5 Å². The molecule has 0 aliphatic heterocycles. The Bertz CT molecular complexity index is 870. The maximum absolute atomic E-state index is 13.4. The lowest BCUT2D eigenvalue weighted by Gasteiger charge is -2.37. The monoisotopic (exact) mass is 448 g/mol. The van der Waals surface area contributed by atoms with E-state index < -0.39 is 52.2 Å². The molecule has 4 nitrogen and oxygen atoms in total. The van der Waals surface area contributed by atoms with Gasteiger partial charge in [-0.2, -0.15) is 26.3 Å². The van der Waals surface area contributed by atoms with Gasteiger partial charge in [0, 0.05) is 5.69 Å². The van der Waals surface area contributed by atoms with Gasteiger partial charge in [-0.1, -0.05) is 11.6 Å². The fraction of sp³-hybridized carbons (Fsp3) is 0.188. The fourth-order valence-electron chi connectivity index (χ4n) is 2.02. The van der Waals surface area contributed by atoms with E-state index >= 15 is 0 Å². The Labute approximate surface area is 162 Å². The maximum atomic E-state index is 13.4. The van der Waals surface area contributed by atoms with Gasteiger partial charge in [0.2, 0.25) is 0 Å². The van der Waals surface area contributed by atoms with Crippen LogP contribution in [0, 0.1) is 11.6 Å². The Morgan fingerprint density at radius 1 is 0.897 bits per heavy atom. The molecule has 2 aromatic carbocycles. The van der Waals surface area contributed by atoms with E-state index in [1.54, 1.807) is 5.32 Å². The van der Waals surface area contributed by atoms with Crippen LogP contribution in [0.1, 0.15) is 0 Å². The Morgan fingerprint density at radius 2 is 1.45 bits per heavy atom. The van der Waals surface area contributed by atoms with Gasteiger partial charge >= 0.3 is 24.1 Å². The van der Waals surface area contributed by atoms with Crippen LogP contribution in [0.4, 0.5) is 45.6 Å². The number of hydrogen-bond acceptors (Lipinski definition) is 2. The molecule has 0 aliphatic carbocycles. The summed E-state index contributed by atoms with van der Waals surface area (Å²) in [6.07, 6.45) is -12.4. The summed E-state index contributed by atoms with van der Waals surface area (Å²) < 4.78 is 111. The molecule has 0 fully saturated rings. The normalized spacial score (nSPS) is 12.4. The molecule has 0 aromatic heterocycles. The summed E-state index contributed by atoms with van der Waals surface area (Å²) >= 11 is 5.43. The zero-order valence-electron chi connectivity index (χ0n) is 13.8. The highest BCUT2D eigenvalue weighted by Gasteiger charge is 2.75. The highest BCUT2D eigenvalue weighted by Crippen LogP contribution is 2.44. The molecule has 0 heterocycles. The smallest absolute Gasteiger partial charge is 0.451 e. The molecule has 0 unspecified atom stereocenters. The summed E-state index contributed by atoms with van der Waals surface area (Å²) in [5.74, 6) is -2.90. The molecule has 158 valence electrons. The standard InChI is InChI=1S/C16H9ClF8N2O2/c17-11-7-9(3-6-12(11)19)26-13(28)27-14(15(20,21)22,16(23,24)25)29-10-4-1-8(18)2-5-10/h1-7H,(H2,26,27,28). The fourth-order valence-corrected chi connectivity index (χ4v) is 2.20. The van der Waals surface area contributed by atoms with E-state index in [0.717, 1.165) is 18.2 Å². The van der Waals surface area contributed by atoms with Gasteiger partial charge in [0.15, 0.2) is 0 Å². The number of carbonyl (C=O) groups excluding carboxylic acids is 1. The average molecular weight is 449 g/mol. The van der Waals surface area contributed by atoms with Crippen LogP contribution in [-0.2, 0) is 0 Å². The molecule has 2 N–H and O–H groups in total. The summed E-state index contributed by atoms with van der Waals surface area (Å²) in [4.78, 5) is 11.9. The van der Waals surface area contributed by atoms with E-state index in [9.17, 15) is 39.9 Å². The van der Waals surface area contributed by atoms with Crippen LogP contribution in [0.25, 0.3) is 0 Å². The van der Waals surface area contributed by atoms with Crippen LogP contribution in [0.2, 0.25) is 5.02 Å². The molecule has 0 bridgehead atoms. The zero-order chi connectivity index (χ0) is 22.0. The van der Waals surface area contributed by atoms with Crippen molar-refractivity contribution in [3.05, 3.63) is 59.1 Å². The van der Waals surface area contributed by atoms with Gasteiger partial charge in [-0.3, -0.25) is 5.32 Å². The maximum Gasteiger partial charge on any atom is 0.458 e. The van der Waals surface area contributed by atoms with E-state index in [1.165, 1.54) is 0 Å². The first-order valence-corrected chi connectivity index (χ1v) is 7.75. The Kier molecular flexibility index (Phi) is 6.16. The number of urea groups is 1. The molecule has 0 saturated carbocycles. The molecule has 2 amide bonds. The van der Waals surface area contributed by atoms with Crippen molar-refractivity contribution in [3.8, 4) is 5.75 Å². The van der Waals surface area contributed by atoms with Crippen molar-refractivity contribution >= 4 is 23.3 Å². The summed E-state index contributed by atoms with van der Waals surface area (Å²) in [6.45, 7) is 0.